The Balaban J connectivity index is 2.11. The van der Waals surface area contributed by atoms with Crippen molar-refractivity contribution in [1.29, 1.82) is 0 Å². The molecule has 0 N–H and O–H groups in total. The Morgan fingerprint density at radius 1 is 1.26 bits per heavy atom. The van der Waals surface area contributed by atoms with Crippen LogP contribution in [0, 0.1) is 5.82 Å². The van der Waals surface area contributed by atoms with Crippen molar-refractivity contribution >= 4 is 17.4 Å². The van der Waals surface area contributed by atoms with Crippen LogP contribution in [-0.4, -0.2) is 5.78 Å². The molecule has 98 valence electrons. The average molecular weight is 279 g/mol. The van der Waals surface area contributed by atoms with E-state index in [1.54, 1.807) is 12.1 Å². The molecule has 0 saturated heterocycles. The van der Waals surface area contributed by atoms with Gasteiger partial charge in [-0.1, -0.05) is 29.8 Å². The molecule has 0 saturated carbocycles. The lowest BCUT2D eigenvalue weighted by atomic mass is 10.1. The molecule has 0 aliphatic rings. The molecule has 0 atom stereocenters. The van der Waals surface area contributed by atoms with Gasteiger partial charge in [-0.25, -0.2) is 4.39 Å². The Morgan fingerprint density at radius 3 is 2.63 bits per heavy atom. The molecule has 0 aliphatic carbocycles. The number of halogens is 2. The average Bonchev–Trinajstić information content (AvgIpc) is 2.37. The summed E-state index contributed by atoms with van der Waals surface area (Å²) in [6.07, 6.45) is 0. The van der Waals surface area contributed by atoms with E-state index in [2.05, 4.69) is 0 Å². The molecule has 2 rings (SSSR count). The number of carbonyl (C=O) groups is 1. The fourth-order valence-corrected chi connectivity index (χ4v) is 1.84. The van der Waals surface area contributed by atoms with Gasteiger partial charge in [-0.05, 0) is 25.1 Å². The third-order valence-electron chi connectivity index (χ3n) is 2.67. The van der Waals surface area contributed by atoms with Crippen LogP contribution in [0.15, 0.2) is 42.5 Å². The second kappa shape index (κ2) is 5.85. The monoisotopic (exact) mass is 278 g/mol. The summed E-state index contributed by atoms with van der Waals surface area (Å²) in [4.78, 5) is 11.1. The molecule has 0 amide bonds. The van der Waals surface area contributed by atoms with Gasteiger partial charge in [0.1, 0.15) is 18.2 Å². The minimum atomic E-state index is -0.579. The summed E-state index contributed by atoms with van der Waals surface area (Å²) in [5.41, 5.74) is 0.880. The Morgan fingerprint density at radius 2 is 2.00 bits per heavy atom. The maximum atomic E-state index is 13.6. The fraction of sp³-hybridized carbons (Fsp3) is 0.133. The third-order valence-corrected chi connectivity index (χ3v) is 3.04. The lowest BCUT2D eigenvalue weighted by molar-refractivity contribution is 0.101. The largest absolute Gasteiger partial charge is 0.489 e. The predicted molar refractivity (Wildman–Crippen MR) is 72.2 cm³/mol. The van der Waals surface area contributed by atoms with Crippen molar-refractivity contribution in [3.8, 4) is 5.75 Å². The summed E-state index contributed by atoms with van der Waals surface area (Å²) >= 11 is 5.99. The summed E-state index contributed by atoms with van der Waals surface area (Å²) in [6, 6.07) is 11.5. The van der Waals surface area contributed by atoms with Crippen LogP contribution in [0.2, 0.25) is 5.02 Å². The lowest BCUT2D eigenvalue weighted by Crippen LogP contribution is -2.00. The van der Waals surface area contributed by atoms with E-state index in [9.17, 15) is 9.18 Å². The Labute approximate surface area is 115 Å². The first-order valence-electron chi connectivity index (χ1n) is 5.74. The molecule has 0 bridgehead atoms. The number of rotatable bonds is 4. The second-order valence-electron chi connectivity index (χ2n) is 4.08. The van der Waals surface area contributed by atoms with E-state index < -0.39 is 5.82 Å². The zero-order valence-electron chi connectivity index (χ0n) is 10.3. The minimum absolute atomic E-state index is 0.0603. The zero-order valence-corrected chi connectivity index (χ0v) is 11.1. The molecule has 0 radical (unpaired) electrons. The van der Waals surface area contributed by atoms with E-state index in [0.29, 0.717) is 10.8 Å². The van der Waals surface area contributed by atoms with Gasteiger partial charge >= 0.3 is 0 Å². The van der Waals surface area contributed by atoms with Crippen molar-refractivity contribution in [3.63, 3.8) is 0 Å². The molecule has 2 nitrogen and oxygen atoms in total. The van der Waals surface area contributed by atoms with Crippen molar-refractivity contribution in [2.45, 2.75) is 13.5 Å². The molecule has 0 fully saturated rings. The first kappa shape index (κ1) is 13.6. The number of hydrogen-bond acceptors (Lipinski definition) is 2. The van der Waals surface area contributed by atoms with Gasteiger partial charge < -0.3 is 4.74 Å². The van der Waals surface area contributed by atoms with Crippen LogP contribution < -0.4 is 4.74 Å². The van der Waals surface area contributed by atoms with E-state index in [0.717, 1.165) is 5.56 Å². The van der Waals surface area contributed by atoms with Gasteiger partial charge in [0.2, 0.25) is 0 Å². The van der Waals surface area contributed by atoms with Gasteiger partial charge in [0.15, 0.2) is 5.78 Å². The summed E-state index contributed by atoms with van der Waals surface area (Å²) in [7, 11) is 0. The van der Waals surface area contributed by atoms with Crippen LogP contribution in [0.5, 0.6) is 5.75 Å². The van der Waals surface area contributed by atoms with Crippen LogP contribution in [0.1, 0.15) is 22.8 Å². The molecule has 19 heavy (non-hydrogen) atoms. The third kappa shape index (κ3) is 3.32. The fourth-order valence-electron chi connectivity index (χ4n) is 1.65. The van der Waals surface area contributed by atoms with Crippen molar-refractivity contribution in [3.05, 3.63) is 64.4 Å². The van der Waals surface area contributed by atoms with E-state index in [1.165, 1.54) is 19.1 Å². The molecule has 0 aromatic heterocycles. The number of hydrogen-bond donors (Lipinski definition) is 0. The quantitative estimate of drug-likeness (QED) is 0.781. The van der Waals surface area contributed by atoms with Gasteiger partial charge in [-0.15, -0.1) is 0 Å². The summed E-state index contributed by atoms with van der Waals surface area (Å²) in [5, 5.41) is 0.600. The van der Waals surface area contributed by atoms with E-state index in [1.807, 2.05) is 18.2 Å². The van der Waals surface area contributed by atoms with Crippen LogP contribution in [0.25, 0.3) is 0 Å². The highest BCUT2D eigenvalue weighted by Gasteiger charge is 2.08. The topological polar surface area (TPSA) is 26.3 Å². The van der Waals surface area contributed by atoms with Crippen molar-refractivity contribution in [2.24, 2.45) is 0 Å². The summed E-state index contributed by atoms with van der Waals surface area (Å²) < 4.78 is 19.0. The van der Waals surface area contributed by atoms with Gasteiger partial charge in [0, 0.05) is 16.7 Å². The van der Waals surface area contributed by atoms with Gasteiger partial charge in [-0.3, -0.25) is 4.79 Å². The number of carbonyl (C=O) groups excluding carboxylic acids is 1. The molecule has 4 heteroatoms. The van der Waals surface area contributed by atoms with Crippen molar-refractivity contribution in [2.75, 3.05) is 0 Å². The predicted octanol–water partition coefficient (Wildman–Crippen LogP) is 4.26. The normalized spacial score (nSPS) is 10.3. The number of ketones is 1. The summed E-state index contributed by atoms with van der Waals surface area (Å²) in [6.45, 7) is 1.57. The molecule has 2 aromatic rings. The molecular formula is C15H12ClFO2. The highest BCUT2D eigenvalue weighted by atomic mass is 35.5. The molecule has 0 heterocycles. The maximum Gasteiger partial charge on any atom is 0.162 e. The first-order valence-corrected chi connectivity index (χ1v) is 6.12. The van der Waals surface area contributed by atoms with Crippen LogP contribution in [0.3, 0.4) is 0 Å². The van der Waals surface area contributed by atoms with Gasteiger partial charge in [0.05, 0.1) is 5.56 Å². The Hall–Kier alpha value is -1.87. The highest BCUT2D eigenvalue weighted by molar-refractivity contribution is 6.31. The number of benzene rings is 2. The highest BCUT2D eigenvalue weighted by Crippen LogP contribution is 2.20. The summed E-state index contributed by atoms with van der Waals surface area (Å²) in [5.74, 6) is -0.526. The number of Topliss-reactive ketones (excluding diaryl/α,β-unsaturated/α-hetero) is 1. The standard InChI is InChI=1S/C15H12ClFO2/c1-10(18)13-7-6-12(8-15(13)17)19-9-11-4-2-3-5-14(11)16/h2-8H,9H2,1H3. The van der Waals surface area contributed by atoms with Crippen molar-refractivity contribution < 1.29 is 13.9 Å². The maximum absolute atomic E-state index is 13.6. The van der Waals surface area contributed by atoms with E-state index in [-0.39, 0.29) is 18.0 Å². The zero-order chi connectivity index (χ0) is 13.8. The van der Waals surface area contributed by atoms with Gasteiger partial charge in [0.25, 0.3) is 0 Å². The smallest absolute Gasteiger partial charge is 0.162 e. The van der Waals surface area contributed by atoms with Crippen LogP contribution in [0.4, 0.5) is 4.39 Å². The molecule has 2 aromatic carbocycles. The van der Waals surface area contributed by atoms with Gasteiger partial charge in [-0.2, -0.15) is 0 Å². The van der Waals surface area contributed by atoms with E-state index >= 15 is 0 Å². The minimum Gasteiger partial charge on any atom is -0.489 e. The first-order chi connectivity index (χ1) is 9.08. The molecule has 0 spiro atoms. The molecular weight excluding hydrogens is 267 g/mol. The lowest BCUT2D eigenvalue weighted by Gasteiger charge is -2.08. The molecule has 0 aliphatic heterocycles. The molecule has 0 unspecified atom stereocenters. The SMILES string of the molecule is CC(=O)c1ccc(OCc2ccccc2Cl)cc1F. The Kier molecular flexibility index (Phi) is 4.17. The van der Waals surface area contributed by atoms with Crippen molar-refractivity contribution in [1.82, 2.24) is 0 Å². The van der Waals surface area contributed by atoms with Crippen LogP contribution in [-0.2, 0) is 6.61 Å². The Bertz CT molecular complexity index is 611. The number of ether oxygens (including phenoxy) is 1. The second-order valence-corrected chi connectivity index (χ2v) is 4.49. The van der Waals surface area contributed by atoms with Crippen LogP contribution >= 0.6 is 11.6 Å². The van der Waals surface area contributed by atoms with E-state index in [4.69, 9.17) is 16.3 Å².